The zero-order valence-corrected chi connectivity index (χ0v) is 19.8. The Morgan fingerprint density at radius 2 is 1.50 bits per heavy atom. The summed E-state index contributed by atoms with van der Waals surface area (Å²) in [5, 5.41) is 10.7. The van der Waals surface area contributed by atoms with Gasteiger partial charge >= 0.3 is 0 Å². The van der Waals surface area contributed by atoms with Gasteiger partial charge in [-0.05, 0) is 117 Å². The smallest absolute Gasteiger partial charge is 0.0622 e. The van der Waals surface area contributed by atoms with Gasteiger partial charge in [0.2, 0.25) is 0 Å². The van der Waals surface area contributed by atoms with Crippen molar-refractivity contribution in [3.05, 3.63) is 0 Å². The fourth-order valence-corrected chi connectivity index (χ4v) is 9.20. The zero-order valence-electron chi connectivity index (χ0n) is 19.8. The molecule has 0 aliphatic heterocycles. The fraction of sp³-hybridized carbons (Fsp3) is 1.00. The van der Waals surface area contributed by atoms with Crippen molar-refractivity contribution >= 4 is 0 Å². The Morgan fingerprint density at radius 1 is 0.786 bits per heavy atom. The van der Waals surface area contributed by atoms with E-state index >= 15 is 0 Å². The molecule has 0 spiro atoms. The van der Waals surface area contributed by atoms with Crippen molar-refractivity contribution in [1.82, 2.24) is 0 Å². The summed E-state index contributed by atoms with van der Waals surface area (Å²) in [4.78, 5) is 0. The molecule has 0 unspecified atom stereocenters. The first-order valence-electron chi connectivity index (χ1n) is 12.8. The lowest BCUT2D eigenvalue weighted by Gasteiger charge is -2.62. The molecule has 1 N–H and O–H groups in total. The summed E-state index contributed by atoms with van der Waals surface area (Å²) in [7, 11) is 0. The molecule has 9 atom stereocenters. The van der Waals surface area contributed by atoms with Gasteiger partial charge in [-0.3, -0.25) is 0 Å². The molecule has 28 heavy (non-hydrogen) atoms. The van der Waals surface area contributed by atoms with Crippen molar-refractivity contribution < 1.29 is 5.11 Å². The summed E-state index contributed by atoms with van der Waals surface area (Å²) < 4.78 is 0. The molecule has 1 nitrogen and oxygen atoms in total. The van der Waals surface area contributed by atoms with Gasteiger partial charge in [0.1, 0.15) is 0 Å². The lowest BCUT2D eigenvalue weighted by molar-refractivity contribution is -0.148. The normalized spacial score (nSPS) is 52.1. The quantitative estimate of drug-likeness (QED) is 0.529. The van der Waals surface area contributed by atoms with E-state index in [0.717, 1.165) is 54.3 Å². The summed E-state index contributed by atoms with van der Waals surface area (Å²) >= 11 is 0. The van der Waals surface area contributed by atoms with Crippen LogP contribution in [0.25, 0.3) is 0 Å². The van der Waals surface area contributed by atoms with Crippen molar-refractivity contribution in [2.75, 3.05) is 0 Å². The molecule has 0 aromatic heterocycles. The summed E-state index contributed by atoms with van der Waals surface area (Å²) in [5.74, 6) is 6.39. The molecule has 0 saturated heterocycles. The van der Waals surface area contributed by atoms with Gasteiger partial charge in [-0.2, -0.15) is 0 Å². The molecule has 162 valence electrons. The lowest BCUT2D eigenvalue weighted by atomic mass is 9.43. The third kappa shape index (κ3) is 3.40. The highest BCUT2D eigenvalue weighted by molar-refractivity contribution is 5.10. The predicted octanol–water partition coefficient (Wildman–Crippen LogP) is 7.47. The molecule has 0 radical (unpaired) electrons. The third-order valence-electron chi connectivity index (χ3n) is 10.9. The molecule has 0 aromatic carbocycles. The first-order valence-corrected chi connectivity index (χ1v) is 12.8. The fourth-order valence-electron chi connectivity index (χ4n) is 9.20. The van der Waals surface area contributed by atoms with Gasteiger partial charge in [0.15, 0.2) is 0 Å². The van der Waals surface area contributed by atoms with Gasteiger partial charge in [-0.15, -0.1) is 0 Å². The number of rotatable bonds is 4. The molecule has 0 amide bonds. The predicted molar refractivity (Wildman–Crippen MR) is 119 cm³/mol. The van der Waals surface area contributed by atoms with E-state index in [9.17, 15) is 5.11 Å². The Labute approximate surface area is 175 Å². The van der Waals surface area contributed by atoms with Crippen LogP contribution in [-0.2, 0) is 0 Å². The summed E-state index contributed by atoms with van der Waals surface area (Å²) in [6, 6.07) is 0. The van der Waals surface area contributed by atoms with E-state index in [1.807, 2.05) is 0 Å². The van der Waals surface area contributed by atoms with Gasteiger partial charge in [-0.1, -0.05) is 47.5 Å². The van der Waals surface area contributed by atoms with Gasteiger partial charge in [0.25, 0.3) is 0 Å². The average Bonchev–Trinajstić information content (AvgIpc) is 2.97. The molecule has 0 bridgehead atoms. The van der Waals surface area contributed by atoms with Crippen molar-refractivity contribution in [1.29, 1.82) is 0 Å². The Bertz CT molecular complexity index is 565. The molecular formula is C27H48O. The number of fused-ring (bicyclic) bond motifs is 5. The van der Waals surface area contributed by atoms with E-state index in [4.69, 9.17) is 0 Å². The maximum absolute atomic E-state index is 10.7. The first kappa shape index (κ1) is 21.2. The number of hydrogen-bond donors (Lipinski definition) is 1. The van der Waals surface area contributed by atoms with Crippen LogP contribution in [0, 0.1) is 52.3 Å². The van der Waals surface area contributed by atoms with Crippen LogP contribution in [0.3, 0.4) is 0 Å². The van der Waals surface area contributed by atoms with Crippen LogP contribution in [0.2, 0.25) is 0 Å². The minimum absolute atomic E-state index is 0.398. The Balaban J connectivity index is 1.50. The van der Waals surface area contributed by atoms with Crippen molar-refractivity contribution in [2.24, 2.45) is 52.3 Å². The van der Waals surface area contributed by atoms with E-state index in [1.165, 1.54) is 57.8 Å². The minimum atomic E-state index is -0.398. The summed E-state index contributed by atoms with van der Waals surface area (Å²) in [6.07, 6.45) is 15.0. The monoisotopic (exact) mass is 388 g/mol. The van der Waals surface area contributed by atoms with Crippen molar-refractivity contribution in [3.63, 3.8) is 0 Å². The summed E-state index contributed by atoms with van der Waals surface area (Å²) in [5.41, 5.74) is 0.721. The SMILES string of the molecule is CC(C)CC[C@@H](C)[C@H]1CC[C@H]2[C@@H]3CC[C@H]4C[C@@](C)(O)CC[C@]4(C)[C@H]3CC[C@]12C. The van der Waals surface area contributed by atoms with E-state index in [-0.39, 0.29) is 0 Å². The highest BCUT2D eigenvalue weighted by atomic mass is 16.3. The topological polar surface area (TPSA) is 20.2 Å². The molecule has 0 aromatic rings. The Hall–Kier alpha value is -0.0400. The van der Waals surface area contributed by atoms with E-state index < -0.39 is 5.60 Å². The van der Waals surface area contributed by atoms with Crippen LogP contribution in [0.1, 0.15) is 112 Å². The van der Waals surface area contributed by atoms with Crippen LogP contribution in [-0.4, -0.2) is 10.7 Å². The second-order valence-corrected chi connectivity index (χ2v) is 13.0. The van der Waals surface area contributed by atoms with Gasteiger partial charge in [-0.25, -0.2) is 0 Å². The molecule has 4 aliphatic carbocycles. The second-order valence-electron chi connectivity index (χ2n) is 13.0. The zero-order chi connectivity index (χ0) is 20.3. The molecule has 4 rings (SSSR count). The highest BCUT2D eigenvalue weighted by Crippen LogP contribution is 2.68. The standard InChI is InChI=1S/C27H48O/c1-18(2)7-8-19(3)22-11-12-23-21-10-9-20-17-25(4,28)15-16-26(20,5)24(21)13-14-27(22,23)6/h18-24,28H,7-17H2,1-6H3/t19-,20+,21+,22-,23+,24+,25+,26+,27-/m1/s1. The van der Waals surface area contributed by atoms with Gasteiger partial charge in [0, 0.05) is 0 Å². The van der Waals surface area contributed by atoms with Crippen molar-refractivity contribution in [2.45, 2.75) is 118 Å². The Kier molecular flexibility index (Phi) is 5.51. The second kappa shape index (κ2) is 7.28. The van der Waals surface area contributed by atoms with E-state index in [1.54, 1.807) is 0 Å². The van der Waals surface area contributed by atoms with Crippen LogP contribution in [0.15, 0.2) is 0 Å². The van der Waals surface area contributed by atoms with Gasteiger partial charge < -0.3 is 5.11 Å². The molecule has 4 fully saturated rings. The van der Waals surface area contributed by atoms with E-state index in [2.05, 4.69) is 41.5 Å². The number of hydrogen-bond acceptors (Lipinski definition) is 1. The average molecular weight is 389 g/mol. The van der Waals surface area contributed by atoms with Crippen molar-refractivity contribution in [3.8, 4) is 0 Å². The molecule has 1 heteroatoms. The van der Waals surface area contributed by atoms with E-state index in [0.29, 0.717) is 10.8 Å². The third-order valence-corrected chi connectivity index (χ3v) is 10.9. The van der Waals surface area contributed by atoms with Crippen LogP contribution in [0.5, 0.6) is 0 Å². The number of aliphatic hydroxyl groups is 1. The van der Waals surface area contributed by atoms with Crippen LogP contribution in [0.4, 0.5) is 0 Å². The van der Waals surface area contributed by atoms with Crippen LogP contribution >= 0.6 is 0 Å². The molecule has 4 aliphatic rings. The Morgan fingerprint density at radius 3 is 2.21 bits per heavy atom. The highest BCUT2D eigenvalue weighted by Gasteiger charge is 2.61. The first-order chi connectivity index (χ1) is 13.1. The molecule has 0 heterocycles. The molecule has 4 saturated carbocycles. The maximum atomic E-state index is 10.7. The largest absolute Gasteiger partial charge is 0.390 e. The van der Waals surface area contributed by atoms with Crippen LogP contribution < -0.4 is 0 Å². The summed E-state index contributed by atoms with van der Waals surface area (Å²) in [6.45, 7) is 14.8. The molecular weight excluding hydrogens is 340 g/mol. The van der Waals surface area contributed by atoms with Gasteiger partial charge in [0.05, 0.1) is 5.60 Å². The lowest BCUT2D eigenvalue weighted by Crippen LogP contribution is -2.55. The maximum Gasteiger partial charge on any atom is 0.0622 e. The minimum Gasteiger partial charge on any atom is -0.390 e.